The molecule has 0 bridgehead atoms. The lowest BCUT2D eigenvalue weighted by atomic mass is 9.95. The third-order valence-corrected chi connectivity index (χ3v) is 4.43. The van der Waals surface area contributed by atoms with Gasteiger partial charge in [0.25, 0.3) is 0 Å². The zero-order chi connectivity index (χ0) is 14.0. The number of nitrogens with zero attached hydrogens (tertiary/aromatic N) is 1. The Bertz CT molecular complexity index is 478. The van der Waals surface area contributed by atoms with Gasteiger partial charge in [-0.25, -0.2) is 0 Å². The molecule has 4 nitrogen and oxygen atoms in total. The number of ether oxygens (including phenoxy) is 1. The summed E-state index contributed by atoms with van der Waals surface area (Å²) in [6.45, 7) is 4.16. The van der Waals surface area contributed by atoms with Crippen LogP contribution in [0, 0.1) is 11.3 Å². The molecule has 5 heteroatoms. The van der Waals surface area contributed by atoms with E-state index in [0.717, 1.165) is 35.2 Å². The molecule has 1 saturated heterocycles. The molecule has 3 N–H and O–H groups in total. The van der Waals surface area contributed by atoms with Crippen LogP contribution in [0.4, 0.5) is 5.69 Å². The number of anilines is 1. The van der Waals surface area contributed by atoms with E-state index in [0.29, 0.717) is 5.92 Å². The second kappa shape index (κ2) is 5.92. The molecular weight excluding hydrogens is 306 g/mol. The maximum absolute atomic E-state index is 7.46. The van der Waals surface area contributed by atoms with Gasteiger partial charge in [-0.2, -0.15) is 0 Å². The van der Waals surface area contributed by atoms with Crippen LogP contribution in [-0.2, 0) is 4.74 Å². The SMILES string of the molecule is COC1CN(c2ccc(C(=N)N)cc2Br)CCC1C. The van der Waals surface area contributed by atoms with Crippen molar-refractivity contribution in [1.29, 1.82) is 5.41 Å². The van der Waals surface area contributed by atoms with Gasteiger partial charge in [-0.1, -0.05) is 6.92 Å². The fourth-order valence-corrected chi connectivity index (χ4v) is 3.12. The van der Waals surface area contributed by atoms with E-state index in [1.807, 2.05) is 18.2 Å². The Morgan fingerprint density at radius 1 is 1.53 bits per heavy atom. The smallest absolute Gasteiger partial charge is 0.122 e. The number of amidine groups is 1. The van der Waals surface area contributed by atoms with Crippen LogP contribution in [0.25, 0.3) is 0 Å². The summed E-state index contributed by atoms with van der Waals surface area (Å²) in [6, 6.07) is 5.81. The summed E-state index contributed by atoms with van der Waals surface area (Å²) in [7, 11) is 1.78. The summed E-state index contributed by atoms with van der Waals surface area (Å²) in [5, 5.41) is 7.46. The monoisotopic (exact) mass is 325 g/mol. The molecule has 0 aromatic heterocycles. The standard InChI is InChI=1S/C14H20BrN3O/c1-9-5-6-18(8-13(9)19-2)12-4-3-10(14(16)17)7-11(12)15/h3-4,7,9,13H,5-6,8H2,1-2H3,(H3,16,17). The first-order chi connectivity index (χ1) is 9.02. The Morgan fingerprint density at radius 2 is 2.26 bits per heavy atom. The summed E-state index contributed by atoms with van der Waals surface area (Å²) in [6.07, 6.45) is 1.40. The van der Waals surface area contributed by atoms with Crippen molar-refractivity contribution >= 4 is 27.5 Å². The quantitative estimate of drug-likeness (QED) is 0.663. The number of hydrogen-bond acceptors (Lipinski definition) is 3. The number of nitrogens with one attached hydrogen (secondary N) is 1. The van der Waals surface area contributed by atoms with Crippen LogP contribution in [0.15, 0.2) is 22.7 Å². The molecule has 19 heavy (non-hydrogen) atoms. The predicted molar refractivity (Wildman–Crippen MR) is 81.9 cm³/mol. The minimum Gasteiger partial charge on any atom is -0.384 e. The molecule has 0 spiro atoms. The first-order valence-corrected chi connectivity index (χ1v) is 7.24. The first kappa shape index (κ1) is 14.3. The largest absolute Gasteiger partial charge is 0.384 e. The number of nitrogens with two attached hydrogens (primary N) is 1. The zero-order valence-corrected chi connectivity index (χ0v) is 12.9. The zero-order valence-electron chi connectivity index (χ0n) is 11.3. The Labute approximate surface area is 122 Å². The predicted octanol–water partition coefficient (Wildman–Crippen LogP) is 2.59. The molecule has 2 unspecified atom stereocenters. The molecule has 1 fully saturated rings. The fourth-order valence-electron chi connectivity index (χ4n) is 2.49. The van der Waals surface area contributed by atoms with Crippen LogP contribution in [0.3, 0.4) is 0 Å². The highest BCUT2D eigenvalue weighted by Crippen LogP contribution is 2.31. The van der Waals surface area contributed by atoms with Crippen LogP contribution < -0.4 is 10.6 Å². The van der Waals surface area contributed by atoms with E-state index in [9.17, 15) is 0 Å². The number of piperidine rings is 1. The van der Waals surface area contributed by atoms with Crippen molar-refractivity contribution < 1.29 is 4.74 Å². The Kier molecular flexibility index (Phi) is 4.47. The van der Waals surface area contributed by atoms with E-state index in [1.165, 1.54) is 0 Å². The average molecular weight is 326 g/mol. The summed E-state index contributed by atoms with van der Waals surface area (Å²) < 4.78 is 6.52. The summed E-state index contributed by atoms with van der Waals surface area (Å²) in [5.74, 6) is 0.686. The number of halogens is 1. The van der Waals surface area contributed by atoms with E-state index in [-0.39, 0.29) is 11.9 Å². The molecule has 2 atom stereocenters. The van der Waals surface area contributed by atoms with Gasteiger partial charge in [0.15, 0.2) is 0 Å². The van der Waals surface area contributed by atoms with E-state index in [1.54, 1.807) is 7.11 Å². The molecule has 1 aromatic rings. The van der Waals surface area contributed by atoms with Gasteiger partial charge in [0, 0.05) is 30.2 Å². The highest BCUT2D eigenvalue weighted by molar-refractivity contribution is 9.10. The summed E-state index contributed by atoms with van der Waals surface area (Å²) >= 11 is 3.57. The highest BCUT2D eigenvalue weighted by atomic mass is 79.9. The number of benzene rings is 1. The third kappa shape index (κ3) is 3.09. The maximum Gasteiger partial charge on any atom is 0.122 e. The molecule has 2 rings (SSSR count). The molecule has 0 saturated carbocycles. The minimum absolute atomic E-state index is 0.0919. The number of methoxy groups -OCH3 is 1. The molecule has 1 aliphatic heterocycles. The van der Waals surface area contributed by atoms with Crippen molar-refractivity contribution in [2.75, 3.05) is 25.1 Å². The van der Waals surface area contributed by atoms with Gasteiger partial charge < -0.3 is 15.4 Å². The van der Waals surface area contributed by atoms with Crippen molar-refractivity contribution in [3.8, 4) is 0 Å². The van der Waals surface area contributed by atoms with Gasteiger partial charge in [0.05, 0.1) is 11.8 Å². The molecule has 0 aliphatic carbocycles. The van der Waals surface area contributed by atoms with E-state index >= 15 is 0 Å². The lowest BCUT2D eigenvalue weighted by Crippen LogP contribution is -2.44. The van der Waals surface area contributed by atoms with E-state index < -0.39 is 0 Å². The molecule has 1 aliphatic rings. The maximum atomic E-state index is 7.46. The second-order valence-corrected chi connectivity index (χ2v) is 5.92. The molecule has 1 aromatic carbocycles. The van der Waals surface area contributed by atoms with Gasteiger partial charge in [-0.05, 0) is 46.5 Å². The molecule has 104 valence electrons. The number of rotatable bonds is 3. The summed E-state index contributed by atoms with van der Waals surface area (Å²) in [5.41, 5.74) is 7.38. The van der Waals surface area contributed by atoms with Gasteiger partial charge in [-0.3, -0.25) is 5.41 Å². The lowest BCUT2D eigenvalue weighted by molar-refractivity contribution is 0.0498. The molecule has 0 amide bonds. The average Bonchev–Trinajstić information content (AvgIpc) is 2.39. The molecule has 1 heterocycles. The highest BCUT2D eigenvalue weighted by Gasteiger charge is 2.27. The second-order valence-electron chi connectivity index (χ2n) is 5.07. The Balaban J connectivity index is 2.20. The lowest BCUT2D eigenvalue weighted by Gasteiger charge is -2.38. The topological polar surface area (TPSA) is 62.3 Å². The van der Waals surface area contributed by atoms with Crippen LogP contribution in [0.5, 0.6) is 0 Å². The van der Waals surface area contributed by atoms with Gasteiger partial charge in [0.2, 0.25) is 0 Å². The van der Waals surface area contributed by atoms with Crippen molar-refractivity contribution in [3.05, 3.63) is 28.2 Å². The van der Waals surface area contributed by atoms with Crippen LogP contribution >= 0.6 is 15.9 Å². The van der Waals surface area contributed by atoms with E-state index in [2.05, 4.69) is 27.8 Å². The van der Waals surface area contributed by atoms with Crippen LogP contribution in [0.2, 0.25) is 0 Å². The van der Waals surface area contributed by atoms with Gasteiger partial charge >= 0.3 is 0 Å². The van der Waals surface area contributed by atoms with Crippen LogP contribution in [-0.4, -0.2) is 32.1 Å². The summed E-state index contributed by atoms with van der Waals surface area (Å²) in [4.78, 5) is 2.32. The number of nitrogen functional groups attached to an aromatic ring is 1. The van der Waals surface area contributed by atoms with E-state index in [4.69, 9.17) is 15.9 Å². The first-order valence-electron chi connectivity index (χ1n) is 6.44. The van der Waals surface area contributed by atoms with Crippen molar-refractivity contribution in [3.63, 3.8) is 0 Å². The van der Waals surface area contributed by atoms with Crippen molar-refractivity contribution in [1.82, 2.24) is 0 Å². The normalized spacial score (nSPS) is 23.4. The van der Waals surface area contributed by atoms with Gasteiger partial charge in [0.1, 0.15) is 5.84 Å². The van der Waals surface area contributed by atoms with Crippen LogP contribution in [0.1, 0.15) is 18.9 Å². The Morgan fingerprint density at radius 3 is 2.84 bits per heavy atom. The molecular formula is C14H20BrN3O. The number of hydrogen-bond donors (Lipinski definition) is 2. The van der Waals surface area contributed by atoms with Crippen molar-refractivity contribution in [2.45, 2.75) is 19.4 Å². The Hall–Kier alpha value is -1.07. The third-order valence-electron chi connectivity index (χ3n) is 3.79. The van der Waals surface area contributed by atoms with Gasteiger partial charge in [-0.15, -0.1) is 0 Å². The minimum atomic E-state index is 0.0919. The van der Waals surface area contributed by atoms with Crippen molar-refractivity contribution in [2.24, 2.45) is 11.7 Å². The molecule has 0 radical (unpaired) electrons. The fraction of sp³-hybridized carbons (Fsp3) is 0.500.